The van der Waals surface area contributed by atoms with Crippen LogP contribution < -0.4 is 0 Å². The quantitative estimate of drug-likeness (QED) is 0.714. The van der Waals surface area contributed by atoms with Crippen LogP contribution in [0.4, 0.5) is 0 Å². The maximum absolute atomic E-state index is 5.66. The third-order valence-electron chi connectivity index (χ3n) is 3.85. The Morgan fingerprint density at radius 3 is 3.00 bits per heavy atom. The monoisotopic (exact) mass is 218 g/mol. The third kappa shape index (κ3) is 1.59. The molecule has 0 amide bonds. The highest BCUT2D eigenvalue weighted by Crippen LogP contribution is 2.32. The molecule has 16 heavy (non-hydrogen) atoms. The van der Waals surface area contributed by atoms with Crippen molar-refractivity contribution in [3.05, 3.63) is 29.5 Å². The van der Waals surface area contributed by atoms with Crippen molar-refractivity contribution in [1.82, 2.24) is 9.88 Å². The van der Waals surface area contributed by atoms with Crippen LogP contribution in [-0.2, 0) is 6.54 Å². The molecule has 0 aromatic carbocycles. The van der Waals surface area contributed by atoms with E-state index in [4.69, 9.17) is 4.42 Å². The lowest BCUT2D eigenvalue weighted by molar-refractivity contribution is 0.180. The van der Waals surface area contributed by atoms with E-state index in [9.17, 15) is 0 Å². The van der Waals surface area contributed by atoms with Gasteiger partial charge in [0.15, 0.2) is 0 Å². The van der Waals surface area contributed by atoms with Crippen LogP contribution in [0.2, 0.25) is 0 Å². The molecule has 1 aromatic heterocycles. The molecule has 0 saturated carbocycles. The first kappa shape index (κ1) is 10.1. The van der Waals surface area contributed by atoms with Crippen molar-refractivity contribution in [3.63, 3.8) is 0 Å². The number of aromatic nitrogens is 1. The van der Waals surface area contributed by atoms with Crippen molar-refractivity contribution in [2.45, 2.75) is 51.7 Å². The van der Waals surface area contributed by atoms with Gasteiger partial charge in [-0.3, -0.25) is 4.90 Å². The van der Waals surface area contributed by atoms with Gasteiger partial charge in [0.2, 0.25) is 5.89 Å². The number of fused-ring (bicyclic) bond motifs is 2. The van der Waals surface area contributed by atoms with Crippen LogP contribution in [0.5, 0.6) is 0 Å². The van der Waals surface area contributed by atoms with Gasteiger partial charge in [0.1, 0.15) is 5.76 Å². The fourth-order valence-corrected chi connectivity index (χ4v) is 2.83. The minimum absolute atomic E-state index is 0.617. The number of rotatable bonds is 2. The van der Waals surface area contributed by atoms with Gasteiger partial charge in [0, 0.05) is 12.1 Å². The zero-order chi connectivity index (χ0) is 11.1. The van der Waals surface area contributed by atoms with E-state index in [-0.39, 0.29) is 0 Å². The average molecular weight is 218 g/mol. The Morgan fingerprint density at radius 2 is 2.31 bits per heavy atom. The van der Waals surface area contributed by atoms with Gasteiger partial charge >= 0.3 is 0 Å². The van der Waals surface area contributed by atoms with Gasteiger partial charge in [-0.1, -0.05) is 12.2 Å². The minimum Gasteiger partial charge on any atom is -0.444 e. The summed E-state index contributed by atoms with van der Waals surface area (Å²) in [5.41, 5.74) is 1.02. The summed E-state index contributed by atoms with van der Waals surface area (Å²) in [7, 11) is 0. The summed E-state index contributed by atoms with van der Waals surface area (Å²) >= 11 is 0. The van der Waals surface area contributed by atoms with Gasteiger partial charge in [0.25, 0.3) is 0 Å². The molecule has 2 atom stereocenters. The number of nitrogens with zero attached hydrogens (tertiary/aromatic N) is 2. The Hall–Kier alpha value is -1.09. The van der Waals surface area contributed by atoms with E-state index in [1.807, 2.05) is 13.8 Å². The van der Waals surface area contributed by atoms with Gasteiger partial charge in [-0.05, 0) is 33.1 Å². The molecule has 3 nitrogen and oxygen atoms in total. The number of hydrogen-bond acceptors (Lipinski definition) is 3. The van der Waals surface area contributed by atoms with Crippen LogP contribution in [0.25, 0.3) is 0 Å². The predicted octanol–water partition coefficient (Wildman–Crippen LogP) is 2.58. The number of hydrogen-bond donors (Lipinski definition) is 0. The van der Waals surface area contributed by atoms with Crippen molar-refractivity contribution in [1.29, 1.82) is 0 Å². The molecule has 2 bridgehead atoms. The SMILES string of the molecule is Cc1nc(CN2C3C=CCC2CC3)oc1C. The zero-order valence-electron chi connectivity index (χ0n) is 9.94. The summed E-state index contributed by atoms with van der Waals surface area (Å²) in [5, 5.41) is 0. The van der Waals surface area contributed by atoms with Gasteiger partial charge in [-0.2, -0.15) is 0 Å². The van der Waals surface area contributed by atoms with Crippen LogP contribution in [0.15, 0.2) is 16.6 Å². The van der Waals surface area contributed by atoms with Crippen LogP contribution in [0.1, 0.15) is 36.6 Å². The number of aryl methyl sites for hydroxylation is 2. The molecule has 3 heterocycles. The van der Waals surface area contributed by atoms with Gasteiger partial charge in [0.05, 0.1) is 12.2 Å². The molecule has 2 aliphatic heterocycles. The summed E-state index contributed by atoms with van der Waals surface area (Å²) in [6.07, 6.45) is 8.46. The molecule has 1 fully saturated rings. The second kappa shape index (κ2) is 3.74. The molecule has 3 heteroatoms. The Kier molecular flexibility index (Phi) is 2.36. The standard InChI is InChI=1S/C13H18N2O/c1-9-10(2)16-13(14-9)8-15-11-4-3-5-12(15)7-6-11/h3-4,11-12H,5-8H2,1-2H3. The first-order valence-electron chi connectivity index (χ1n) is 6.09. The summed E-state index contributed by atoms with van der Waals surface area (Å²) in [5.74, 6) is 1.83. The van der Waals surface area contributed by atoms with E-state index in [1.54, 1.807) is 0 Å². The maximum Gasteiger partial charge on any atom is 0.208 e. The molecular weight excluding hydrogens is 200 g/mol. The minimum atomic E-state index is 0.617. The molecular formula is C13H18N2O. The molecule has 1 aromatic rings. The Balaban J connectivity index is 1.78. The van der Waals surface area contributed by atoms with Crippen LogP contribution >= 0.6 is 0 Å². The normalized spacial score (nSPS) is 28.9. The average Bonchev–Trinajstić information content (AvgIpc) is 2.68. The second-order valence-electron chi connectivity index (χ2n) is 4.88. The highest BCUT2D eigenvalue weighted by molar-refractivity contribution is 5.10. The van der Waals surface area contributed by atoms with Crippen molar-refractivity contribution < 1.29 is 4.42 Å². The third-order valence-corrected chi connectivity index (χ3v) is 3.85. The summed E-state index contributed by atoms with van der Waals surface area (Å²) < 4.78 is 5.66. The molecule has 0 radical (unpaired) electrons. The van der Waals surface area contributed by atoms with Crippen molar-refractivity contribution in [3.8, 4) is 0 Å². The van der Waals surface area contributed by atoms with Crippen LogP contribution in [0.3, 0.4) is 0 Å². The lowest BCUT2D eigenvalue weighted by Crippen LogP contribution is -2.36. The molecule has 2 unspecified atom stereocenters. The van der Waals surface area contributed by atoms with E-state index in [0.717, 1.165) is 23.9 Å². The van der Waals surface area contributed by atoms with Gasteiger partial charge in [-0.25, -0.2) is 4.98 Å². The molecule has 86 valence electrons. The lowest BCUT2D eigenvalue weighted by atomic mass is 10.1. The topological polar surface area (TPSA) is 29.3 Å². The van der Waals surface area contributed by atoms with E-state index < -0.39 is 0 Å². The van der Waals surface area contributed by atoms with E-state index in [0.29, 0.717) is 12.1 Å². The van der Waals surface area contributed by atoms with E-state index in [2.05, 4.69) is 22.0 Å². The van der Waals surface area contributed by atoms with Crippen molar-refractivity contribution in [2.24, 2.45) is 0 Å². The zero-order valence-corrected chi connectivity index (χ0v) is 9.94. The first-order valence-corrected chi connectivity index (χ1v) is 6.09. The Bertz CT molecular complexity index is 402. The molecule has 0 spiro atoms. The summed E-state index contributed by atoms with van der Waals surface area (Å²) in [4.78, 5) is 7.00. The second-order valence-corrected chi connectivity index (χ2v) is 4.88. The van der Waals surface area contributed by atoms with Crippen LogP contribution in [0, 0.1) is 13.8 Å². The fourth-order valence-electron chi connectivity index (χ4n) is 2.83. The van der Waals surface area contributed by atoms with E-state index >= 15 is 0 Å². The summed E-state index contributed by atoms with van der Waals surface area (Å²) in [6, 6.07) is 1.33. The largest absolute Gasteiger partial charge is 0.444 e. The van der Waals surface area contributed by atoms with Gasteiger partial charge in [-0.15, -0.1) is 0 Å². The number of oxazole rings is 1. The Labute approximate surface area is 96.2 Å². The lowest BCUT2D eigenvalue weighted by Gasteiger charge is -2.29. The molecule has 1 saturated heterocycles. The maximum atomic E-state index is 5.66. The van der Waals surface area contributed by atoms with Crippen molar-refractivity contribution in [2.75, 3.05) is 0 Å². The molecule has 2 aliphatic rings. The van der Waals surface area contributed by atoms with Crippen molar-refractivity contribution >= 4 is 0 Å². The highest BCUT2D eigenvalue weighted by atomic mass is 16.4. The molecule has 0 N–H and O–H groups in total. The van der Waals surface area contributed by atoms with Crippen LogP contribution in [-0.4, -0.2) is 22.0 Å². The smallest absolute Gasteiger partial charge is 0.208 e. The fraction of sp³-hybridized carbons (Fsp3) is 0.615. The molecule has 0 aliphatic carbocycles. The molecule has 3 rings (SSSR count). The highest BCUT2D eigenvalue weighted by Gasteiger charge is 2.34. The Morgan fingerprint density at radius 1 is 1.44 bits per heavy atom. The van der Waals surface area contributed by atoms with E-state index in [1.165, 1.54) is 19.3 Å². The predicted molar refractivity (Wildman–Crippen MR) is 62.1 cm³/mol. The van der Waals surface area contributed by atoms with Gasteiger partial charge < -0.3 is 4.42 Å². The first-order chi connectivity index (χ1) is 7.74. The summed E-state index contributed by atoms with van der Waals surface area (Å²) in [6.45, 7) is 4.86.